The highest BCUT2D eigenvalue weighted by molar-refractivity contribution is 5.66. The van der Waals surface area contributed by atoms with Crippen LogP contribution in [0.4, 0.5) is 8.78 Å². The molecule has 0 spiro atoms. The van der Waals surface area contributed by atoms with Gasteiger partial charge in [-0.1, -0.05) is 13.8 Å². The predicted octanol–water partition coefficient (Wildman–Crippen LogP) is 3.72. The molecule has 2 aromatic rings. The summed E-state index contributed by atoms with van der Waals surface area (Å²) in [6, 6.07) is 5.54. The van der Waals surface area contributed by atoms with Crippen LogP contribution in [0.3, 0.4) is 0 Å². The second kappa shape index (κ2) is 5.31. The third-order valence-corrected chi connectivity index (χ3v) is 2.64. The Morgan fingerprint density at radius 1 is 1.17 bits per heavy atom. The van der Waals surface area contributed by atoms with Crippen LogP contribution >= 0.6 is 0 Å². The normalized spacial score (nSPS) is 11.2. The van der Waals surface area contributed by atoms with Gasteiger partial charge in [-0.15, -0.1) is 0 Å². The molecule has 0 saturated carbocycles. The quantitative estimate of drug-likeness (QED) is 0.895. The number of hydrogen-bond acceptors (Lipinski definition) is 2. The first kappa shape index (κ1) is 12.8. The van der Waals surface area contributed by atoms with Crippen LogP contribution in [-0.2, 0) is 6.54 Å². The zero-order chi connectivity index (χ0) is 13.1. The van der Waals surface area contributed by atoms with Gasteiger partial charge in [0.2, 0.25) is 0 Å². The van der Waals surface area contributed by atoms with E-state index in [1.54, 1.807) is 6.07 Å². The zero-order valence-electron chi connectivity index (χ0n) is 10.3. The molecule has 0 aliphatic rings. The monoisotopic (exact) mass is 251 g/mol. The van der Waals surface area contributed by atoms with Crippen molar-refractivity contribution in [1.29, 1.82) is 0 Å². The first-order valence-corrected chi connectivity index (χ1v) is 5.83. The lowest BCUT2D eigenvalue weighted by atomic mass is 10.1. The summed E-state index contributed by atoms with van der Waals surface area (Å²) >= 11 is 0. The molecule has 2 nitrogen and oxygen atoms in total. The fourth-order valence-corrected chi connectivity index (χ4v) is 1.72. The van der Waals surface area contributed by atoms with Crippen molar-refractivity contribution in [2.45, 2.75) is 26.4 Å². The number of rotatable bonds is 4. The van der Waals surface area contributed by atoms with Crippen molar-refractivity contribution in [3.05, 3.63) is 47.9 Å². The van der Waals surface area contributed by atoms with Crippen LogP contribution in [0.2, 0.25) is 0 Å². The van der Waals surface area contributed by atoms with Gasteiger partial charge >= 0.3 is 0 Å². The van der Waals surface area contributed by atoms with Crippen LogP contribution in [0, 0.1) is 11.6 Å². The average Bonchev–Trinajstić information content (AvgIpc) is 2.74. The van der Waals surface area contributed by atoms with E-state index in [4.69, 9.17) is 4.42 Å². The molecule has 0 bridgehead atoms. The van der Waals surface area contributed by atoms with Crippen molar-refractivity contribution in [3.63, 3.8) is 0 Å². The second-order valence-corrected chi connectivity index (χ2v) is 4.42. The third kappa shape index (κ3) is 2.76. The Kier molecular flexibility index (Phi) is 3.77. The van der Waals surface area contributed by atoms with E-state index in [2.05, 4.69) is 5.32 Å². The van der Waals surface area contributed by atoms with Crippen LogP contribution in [-0.4, -0.2) is 6.04 Å². The second-order valence-electron chi connectivity index (χ2n) is 4.42. The Bertz CT molecular complexity index is 534. The molecule has 0 atom stereocenters. The number of furan rings is 1. The zero-order valence-corrected chi connectivity index (χ0v) is 10.3. The average molecular weight is 251 g/mol. The Morgan fingerprint density at radius 2 is 1.94 bits per heavy atom. The molecule has 1 heterocycles. The molecule has 0 radical (unpaired) electrons. The van der Waals surface area contributed by atoms with Gasteiger partial charge in [0.15, 0.2) is 0 Å². The van der Waals surface area contributed by atoms with Crippen molar-refractivity contribution in [2.24, 2.45) is 0 Å². The lowest BCUT2D eigenvalue weighted by molar-refractivity contribution is 0.466. The standard InChI is InChI=1S/C14H15F2NO/c1-9(2)17-8-14-12(5-6-18-14)11-4-3-10(15)7-13(11)16/h3-7,9,17H,8H2,1-2H3. The highest BCUT2D eigenvalue weighted by Gasteiger charge is 2.13. The van der Waals surface area contributed by atoms with Gasteiger partial charge in [-0.3, -0.25) is 0 Å². The fraction of sp³-hybridized carbons (Fsp3) is 0.286. The number of benzene rings is 1. The summed E-state index contributed by atoms with van der Waals surface area (Å²) in [5, 5.41) is 3.20. The van der Waals surface area contributed by atoms with Crippen molar-refractivity contribution in [1.82, 2.24) is 5.32 Å². The lowest BCUT2D eigenvalue weighted by Crippen LogP contribution is -2.21. The lowest BCUT2D eigenvalue weighted by Gasteiger charge is -2.08. The molecule has 1 aromatic carbocycles. The fourth-order valence-electron chi connectivity index (χ4n) is 1.72. The third-order valence-electron chi connectivity index (χ3n) is 2.64. The van der Waals surface area contributed by atoms with Crippen molar-refractivity contribution in [2.75, 3.05) is 0 Å². The molecule has 4 heteroatoms. The summed E-state index contributed by atoms with van der Waals surface area (Å²) in [5.41, 5.74) is 1.01. The largest absolute Gasteiger partial charge is 0.467 e. The maximum Gasteiger partial charge on any atom is 0.134 e. The molecule has 18 heavy (non-hydrogen) atoms. The van der Waals surface area contributed by atoms with Crippen molar-refractivity contribution in [3.8, 4) is 11.1 Å². The van der Waals surface area contributed by atoms with E-state index in [0.717, 1.165) is 6.07 Å². The molecular weight excluding hydrogens is 236 g/mol. The molecule has 0 amide bonds. The number of nitrogens with one attached hydrogen (secondary N) is 1. The molecule has 96 valence electrons. The van der Waals surface area contributed by atoms with Crippen LogP contribution in [0.15, 0.2) is 34.9 Å². The van der Waals surface area contributed by atoms with Crippen LogP contribution in [0.1, 0.15) is 19.6 Å². The van der Waals surface area contributed by atoms with E-state index >= 15 is 0 Å². The molecule has 0 unspecified atom stereocenters. The number of hydrogen-bond donors (Lipinski definition) is 1. The molecule has 2 rings (SSSR count). The minimum absolute atomic E-state index is 0.306. The highest BCUT2D eigenvalue weighted by atomic mass is 19.1. The van der Waals surface area contributed by atoms with Crippen molar-refractivity contribution < 1.29 is 13.2 Å². The number of halogens is 2. The summed E-state index contributed by atoms with van der Waals surface area (Å²) in [5.74, 6) is -0.516. The summed E-state index contributed by atoms with van der Waals surface area (Å²) in [4.78, 5) is 0. The molecule has 1 aromatic heterocycles. The predicted molar refractivity (Wildman–Crippen MR) is 66.0 cm³/mol. The van der Waals surface area contributed by atoms with Gasteiger partial charge in [-0.05, 0) is 18.2 Å². The van der Waals surface area contributed by atoms with E-state index in [1.165, 1.54) is 18.4 Å². The summed E-state index contributed by atoms with van der Waals surface area (Å²) in [6.07, 6.45) is 1.51. The van der Waals surface area contributed by atoms with Crippen LogP contribution in [0.5, 0.6) is 0 Å². The summed E-state index contributed by atoms with van der Waals surface area (Å²) < 4.78 is 31.9. The maximum absolute atomic E-state index is 13.7. The van der Waals surface area contributed by atoms with E-state index in [-0.39, 0.29) is 0 Å². The molecule has 0 fully saturated rings. The van der Waals surface area contributed by atoms with Gasteiger partial charge in [-0.25, -0.2) is 8.78 Å². The Balaban J connectivity index is 2.30. The molecule has 0 aliphatic heterocycles. The molecule has 1 N–H and O–H groups in total. The highest BCUT2D eigenvalue weighted by Crippen LogP contribution is 2.27. The first-order valence-electron chi connectivity index (χ1n) is 5.83. The first-order chi connectivity index (χ1) is 8.58. The smallest absolute Gasteiger partial charge is 0.134 e. The molecular formula is C14H15F2NO. The Morgan fingerprint density at radius 3 is 2.61 bits per heavy atom. The molecule has 0 aliphatic carbocycles. The van der Waals surface area contributed by atoms with E-state index in [1.807, 2.05) is 13.8 Å². The van der Waals surface area contributed by atoms with E-state index < -0.39 is 11.6 Å². The topological polar surface area (TPSA) is 25.2 Å². The van der Waals surface area contributed by atoms with E-state index in [9.17, 15) is 8.78 Å². The van der Waals surface area contributed by atoms with Gasteiger partial charge in [-0.2, -0.15) is 0 Å². The van der Waals surface area contributed by atoms with Crippen LogP contribution < -0.4 is 5.32 Å². The van der Waals surface area contributed by atoms with Gasteiger partial charge in [0, 0.05) is 23.2 Å². The van der Waals surface area contributed by atoms with Gasteiger partial charge in [0.05, 0.1) is 12.8 Å². The Hall–Kier alpha value is -1.68. The Labute approximate surface area is 105 Å². The van der Waals surface area contributed by atoms with E-state index in [0.29, 0.717) is 29.5 Å². The minimum Gasteiger partial charge on any atom is -0.467 e. The van der Waals surface area contributed by atoms with Crippen molar-refractivity contribution >= 4 is 0 Å². The van der Waals surface area contributed by atoms with Gasteiger partial charge in [0.1, 0.15) is 17.4 Å². The summed E-state index contributed by atoms with van der Waals surface area (Å²) in [6.45, 7) is 4.54. The van der Waals surface area contributed by atoms with Gasteiger partial charge in [0.25, 0.3) is 0 Å². The molecule has 0 saturated heterocycles. The van der Waals surface area contributed by atoms with Crippen LogP contribution in [0.25, 0.3) is 11.1 Å². The SMILES string of the molecule is CC(C)NCc1occc1-c1ccc(F)cc1F. The van der Waals surface area contributed by atoms with Gasteiger partial charge < -0.3 is 9.73 Å². The summed E-state index contributed by atoms with van der Waals surface area (Å²) in [7, 11) is 0. The maximum atomic E-state index is 13.7. The minimum atomic E-state index is -0.582.